The Balaban J connectivity index is 2.10. The van der Waals surface area contributed by atoms with Crippen LogP contribution >= 0.6 is 7.14 Å². The third kappa shape index (κ3) is 2.99. The minimum Gasteiger partial charge on any atom is -0.313 e. The van der Waals surface area contributed by atoms with Gasteiger partial charge in [-0.2, -0.15) is 0 Å². The van der Waals surface area contributed by atoms with Gasteiger partial charge in [-0.1, -0.05) is 91.0 Å². The van der Waals surface area contributed by atoms with Gasteiger partial charge in [0, 0.05) is 16.8 Å². The summed E-state index contributed by atoms with van der Waals surface area (Å²) < 4.78 is 13.8. The SMILES string of the molecule is O=P(Cc1ccccc1)(c1ccccc1)c1ccccc1. The normalized spacial score (nSPS) is 11.2. The second-order valence-corrected chi connectivity index (χ2v) is 7.88. The van der Waals surface area contributed by atoms with E-state index < -0.39 is 7.14 Å². The second-order valence-electron chi connectivity index (χ2n) is 5.05. The summed E-state index contributed by atoms with van der Waals surface area (Å²) in [7, 11) is -2.65. The fraction of sp³-hybridized carbons (Fsp3) is 0.0526. The molecule has 0 aliphatic rings. The van der Waals surface area contributed by atoms with Crippen molar-refractivity contribution in [2.75, 3.05) is 0 Å². The number of hydrogen-bond acceptors (Lipinski definition) is 1. The fourth-order valence-electron chi connectivity index (χ4n) is 2.51. The Labute approximate surface area is 125 Å². The molecule has 0 N–H and O–H groups in total. The maximum Gasteiger partial charge on any atom is 0.147 e. The zero-order chi connectivity index (χ0) is 14.5. The van der Waals surface area contributed by atoms with Crippen molar-refractivity contribution in [3.8, 4) is 0 Å². The quantitative estimate of drug-likeness (QED) is 0.659. The lowest BCUT2D eigenvalue weighted by molar-refractivity contribution is 0.586. The van der Waals surface area contributed by atoms with E-state index in [4.69, 9.17) is 0 Å². The lowest BCUT2D eigenvalue weighted by Gasteiger charge is -2.19. The molecule has 0 unspecified atom stereocenters. The molecule has 3 rings (SSSR count). The first-order chi connectivity index (χ1) is 10.3. The van der Waals surface area contributed by atoms with Gasteiger partial charge in [0.15, 0.2) is 0 Å². The smallest absolute Gasteiger partial charge is 0.147 e. The van der Waals surface area contributed by atoms with Crippen LogP contribution in [0.5, 0.6) is 0 Å². The van der Waals surface area contributed by atoms with Crippen molar-refractivity contribution >= 4 is 17.8 Å². The number of hydrogen-bond donors (Lipinski definition) is 0. The van der Waals surface area contributed by atoms with Crippen LogP contribution in [-0.2, 0) is 10.7 Å². The summed E-state index contributed by atoms with van der Waals surface area (Å²) in [4.78, 5) is 0. The van der Waals surface area contributed by atoms with Crippen LogP contribution in [0.15, 0.2) is 91.0 Å². The summed E-state index contributed by atoms with van der Waals surface area (Å²) in [6.07, 6.45) is 0.557. The molecule has 3 aromatic carbocycles. The van der Waals surface area contributed by atoms with Gasteiger partial charge in [0.1, 0.15) is 7.14 Å². The molecule has 3 aromatic rings. The number of rotatable bonds is 4. The van der Waals surface area contributed by atoms with Crippen molar-refractivity contribution < 1.29 is 4.57 Å². The highest BCUT2D eigenvalue weighted by Crippen LogP contribution is 2.46. The molecule has 0 atom stereocenters. The van der Waals surface area contributed by atoms with E-state index in [0.29, 0.717) is 6.16 Å². The molecule has 0 aliphatic heterocycles. The third-order valence-corrected chi connectivity index (χ3v) is 6.67. The van der Waals surface area contributed by atoms with E-state index in [1.54, 1.807) is 0 Å². The summed E-state index contributed by atoms with van der Waals surface area (Å²) >= 11 is 0. The van der Waals surface area contributed by atoms with Crippen LogP contribution in [0.1, 0.15) is 5.56 Å². The van der Waals surface area contributed by atoms with Crippen molar-refractivity contribution in [3.05, 3.63) is 96.6 Å². The van der Waals surface area contributed by atoms with E-state index in [2.05, 4.69) is 0 Å². The van der Waals surface area contributed by atoms with Crippen LogP contribution < -0.4 is 10.6 Å². The summed E-state index contributed by atoms with van der Waals surface area (Å²) in [6.45, 7) is 0. The second kappa shape index (κ2) is 6.11. The van der Waals surface area contributed by atoms with Crippen LogP contribution in [0, 0.1) is 0 Å². The molecule has 21 heavy (non-hydrogen) atoms. The maximum atomic E-state index is 13.8. The highest BCUT2D eigenvalue weighted by molar-refractivity contribution is 7.78. The average Bonchev–Trinajstić information content (AvgIpc) is 2.57. The van der Waals surface area contributed by atoms with Crippen molar-refractivity contribution in [2.45, 2.75) is 6.16 Å². The lowest BCUT2D eigenvalue weighted by atomic mass is 10.2. The predicted molar refractivity (Wildman–Crippen MR) is 89.9 cm³/mol. The zero-order valence-corrected chi connectivity index (χ0v) is 12.6. The maximum absolute atomic E-state index is 13.8. The van der Waals surface area contributed by atoms with Crippen LogP contribution in [-0.4, -0.2) is 0 Å². The molecule has 0 saturated heterocycles. The van der Waals surface area contributed by atoms with Crippen molar-refractivity contribution in [1.29, 1.82) is 0 Å². The average molecular weight is 292 g/mol. The summed E-state index contributed by atoms with van der Waals surface area (Å²) in [5.74, 6) is 0. The minimum atomic E-state index is -2.65. The highest BCUT2D eigenvalue weighted by Gasteiger charge is 2.27. The largest absolute Gasteiger partial charge is 0.313 e. The molecular weight excluding hydrogens is 275 g/mol. The molecular formula is C19H17OP. The summed E-state index contributed by atoms with van der Waals surface area (Å²) in [5, 5.41) is 1.83. The molecule has 0 heterocycles. The third-order valence-electron chi connectivity index (χ3n) is 3.59. The molecule has 0 saturated carbocycles. The Hall–Kier alpha value is -2.11. The highest BCUT2D eigenvalue weighted by atomic mass is 31.2. The lowest BCUT2D eigenvalue weighted by Crippen LogP contribution is -2.17. The van der Waals surface area contributed by atoms with Gasteiger partial charge in [-0.05, 0) is 5.56 Å². The van der Waals surface area contributed by atoms with Gasteiger partial charge in [-0.15, -0.1) is 0 Å². The van der Waals surface area contributed by atoms with Crippen LogP contribution in [0.3, 0.4) is 0 Å². The molecule has 0 bridgehead atoms. The standard InChI is InChI=1S/C19H17OP/c20-21(18-12-6-2-7-13-18,19-14-8-3-9-15-19)16-17-10-4-1-5-11-17/h1-15H,16H2. The molecule has 0 spiro atoms. The van der Waals surface area contributed by atoms with E-state index in [-0.39, 0.29) is 0 Å². The van der Waals surface area contributed by atoms with Crippen molar-refractivity contribution in [1.82, 2.24) is 0 Å². The Bertz CT molecular complexity index is 693. The van der Waals surface area contributed by atoms with E-state index in [1.165, 1.54) is 0 Å². The van der Waals surface area contributed by atoms with Gasteiger partial charge in [0.05, 0.1) is 0 Å². The summed E-state index contributed by atoms with van der Waals surface area (Å²) in [5.41, 5.74) is 1.11. The minimum absolute atomic E-state index is 0.557. The molecule has 1 nitrogen and oxygen atoms in total. The molecule has 104 valence electrons. The van der Waals surface area contributed by atoms with Crippen LogP contribution in [0.2, 0.25) is 0 Å². The van der Waals surface area contributed by atoms with Crippen LogP contribution in [0.4, 0.5) is 0 Å². The Kier molecular flexibility index (Phi) is 4.03. The molecule has 0 amide bonds. The fourth-order valence-corrected chi connectivity index (χ4v) is 5.21. The predicted octanol–water partition coefficient (Wildman–Crippen LogP) is 4.20. The topological polar surface area (TPSA) is 17.1 Å². The van der Waals surface area contributed by atoms with Gasteiger partial charge in [-0.3, -0.25) is 0 Å². The van der Waals surface area contributed by atoms with Gasteiger partial charge in [0.25, 0.3) is 0 Å². The zero-order valence-electron chi connectivity index (χ0n) is 11.7. The first-order valence-corrected chi connectivity index (χ1v) is 8.92. The van der Waals surface area contributed by atoms with E-state index in [1.807, 2.05) is 91.0 Å². The van der Waals surface area contributed by atoms with Crippen molar-refractivity contribution in [2.24, 2.45) is 0 Å². The van der Waals surface area contributed by atoms with Gasteiger partial charge in [-0.25, -0.2) is 0 Å². The molecule has 0 radical (unpaired) electrons. The Morgan fingerprint density at radius 2 is 0.952 bits per heavy atom. The van der Waals surface area contributed by atoms with Crippen LogP contribution in [0.25, 0.3) is 0 Å². The van der Waals surface area contributed by atoms with E-state index in [9.17, 15) is 4.57 Å². The molecule has 0 fully saturated rings. The van der Waals surface area contributed by atoms with E-state index >= 15 is 0 Å². The molecule has 0 aromatic heterocycles. The first-order valence-electron chi connectivity index (χ1n) is 7.03. The van der Waals surface area contributed by atoms with Crippen molar-refractivity contribution in [3.63, 3.8) is 0 Å². The van der Waals surface area contributed by atoms with Gasteiger partial charge < -0.3 is 4.57 Å². The number of benzene rings is 3. The van der Waals surface area contributed by atoms with E-state index in [0.717, 1.165) is 16.2 Å². The Morgan fingerprint density at radius 3 is 1.38 bits per heavy atom. The first kappa shape index (κ1) is 13.9. The Morgan fingerprint density at radius 1 is 0.571 bits per heavy atom. The summed E-state index contributed by atoms with van der Waals surface area (Å²) in [6, 6.07) is 29.7. The molecule has 2 heteroatoms. The molecule has 0 aliphatic carbocycles. The van der Waals surface area contributed by atoms with Gasteiger partial charge in [0.2, 0.25) is 0 Å². The van der Waals surface area contributed by atoms with Gasteiger partial charge >= 0.3 is 0 Å². The monoisotopic (exact) mass is 292 g/mol.